The Morgan fingerprint density at radius 3 is 2.16 bits per heavy atom. The van der Waals surface area contributed by atoms with E-state index in [1.165, 1.54) is 35.4 Å². The number of nitrogens with one attached hydrogen (secondary N) is 1. The number of nitrogens with zero attached hydrogens (tertiary/aromatic N) is 2. The van der Waals surface area contributed by atoms with Crippen molar-refractivity contribution >= 4 is 0 Å². The summed E-state index contributed by atoms with van der Waals surface area (Å²) in [5, 5.41) is 3.95. The average molecular weight is 338 g/mol. The van der Waals surface area contributed by atoms with Crippen LogP contribution in [-0.4, -0.2) is 15.5 Å². The fourth-order valence-corrected chi connectivity index (χ4v) is 4.36. The van der Waals surface area contributed by atoms with Crippen LogP contribution in [0.5, 0.6) is 0 Å². The number of pyridine rings is 2. The standard InChI is InChI=1S/C22H31N3/c1-6-17-13-18(20-15(2)9-7-11-23-20)22(4,5)25-19(14-17)21-16(3)10-8-12-24-21/h7-12,17-19,25H,6,13-14H2,1-5H3/t17?,18-,19+/m0/s1. The van der Waals surface area contributed by atoms with Crippen molar-refractivity contribution in [2.75, 3.05) is 0 Å². The average Bonchev–Trinajstić information content (AvgIpc) is 2.71. The van der Waals surface area contributed by atoms with Gasteiger partial charge in [0.2, 0.25) is 0 Å². The minimum atomic E-state index is -0.0301. The van der Waals surface area contributed by atoms with Gasteiger partial charge in [-0.1, -0.05) is 25.5 Å². The van der Waals surface area contributed by atoms with E-state index in [4.69, 9.17) is 9.97 Å². The molecule has 2 aromatic heterocycles. The zero-order chi connectivity index (χ0) is 18.0. The van der Waals surface area contributed by atoms with Gasteiger partial charge in [0.1, 0.15) is 0 Å². The molecule has 3 heterocycles. The van der Waals surface area contributed by atoms with Crippen LogP contribution in [0.25, 0.3) is 0 Å². The van der Waals surface area contributed by atoms with Crippen LogP contribution >= 0.6 is 0 Å². The quantitative estimate of drug-likeness (QED) is 0.846. The molecular weight excluding hydrogens is 306 g/mol. The van der Waals surface area contributed by atoms with Crippen LogP contribution < -0.4 is 5.32 Å². The lowest BCUT2D eigenvalue weighted by atomic mass is 9.78. The van der Waals surface area contributed by atoms with E-state index in [-0.39, 0.29) is 5.54 Å². The Morgan fingerprint density at radius 2 is 1.60 bits per heavy atom. The number of rotatable bonds is 3. The van der Waals surface area contributed by atoms with Gasteiger partial charge in [0, 0.05) is 29.5 Å². The maximum atomic E-state index is 4.77. The van der Waals surface area contributed by atoms with Crippen LogP contribution in [0.3, 0.4) is 0 Å². The normalized spacial score (nSPS) is 26.2. The number of hydrogen-bond donors (Lipinski definition) is 1. The molecule has 0 bridgehead atoms. The van der Waals surface area contributed by atoms with Crippen molar-refractivity contribution in [2.24, 2.45) is 5.92 Å². The predicted octanol–water partition coefficient (Wildman–Crippen LogP) is 5.11. The highest BCUT2D eigenvalue weighted by Crippen LogP contribution is 2.43. The Kier molecular flexibility index (Phi) is 5.24. The second-order valence-electron chi connectivity index (χ2n) is 8.13. The Hall–Kier alpha value is -1.74. The molecular formula is C22H31N3. The maximum absolute atomic E-state index is 4.77. The van der Waals surface area contributed by atoms with E-state index in [0.717, 1.165) is 6.42 Å². The van der Waals surface area contributed by atoms with Crippen molar-refractivity contribution in [3.63, 3.8) is 0 Å². The lowest BCUT2D eigenvalue weighted by molar-refractivity contribution is 0.291. The maximum Gasteiger partial charge on any atom is 0.0602 e. The van der Waals surface area contributed by atoms with Gasteiger partial charge < -0.3 is 5.32 Å². The highest BCUT2D eigenvalue weighted by atomic mass is 15.0. The van der Waals surface area contributed by atoms with Crippen molar-refractivity contribution < 1.29 is 0 Å². The van der Waals surface area contributed by atoms with E-state index in [1.54, 1.807) is 0 Å². The first-order valence-electron chi connectivity index (χ1n) is 9.53. The van der Waals surface area contributed by atoms with E-state index in [0.29, 0.717) is 17.9 Å². The van der Waals surface area contributed by atoms with Gasteiger partial charge in [-0.2, -0.15) is 0 Å². The lowest BCUT2D eigenvalue weighted by Crippen LogP contribution is -2.45. The molecule has 3 atom stereocenters. The van der Waals surface area contributed by atoms with Crippen LogP contribution in [0, 0.1) is 19.8 Å². The SMILES string of the molecule is CCC1C[C@H](c2ncccc2C)NC(C)(C)[C@H](c2ncccc2C)C1. The summed E-state index contributed by atoms with van der Waals surface area (Å²) in [6, 6.07) is 8.72. The monoisotopic (exact) mass is 337 g/mol. The first kappa shape index (κ1) is 18.1. The summed E-state index contributed by atoms with van der Waals surface area (Å²) in [5.41, 5.74) is 4.99. The largest absolute Gasteiger partial charge is 0.303 e. The first-order valence-corrected chi connectivity index (χ1v) is 9.53. The number of aromatic nitrogens is 2. The highest BCUT2D eigenvalue weighted by Gasteiger charge is 2.40. The van der Waals surface area contributed by atoms with Crippen molar-refractivity contribution in [3.05, 3.63) is 59.2 Å². The van der Waals surface area contributed by atoms with Gasteiger partial charge in [-0.3, -0.25) is 9.97 Å². The van der Waals surface area contributed by atoms with Gasteiger partial charge >= 0.3 is 0 Å². The summed E-state index contributed by atoms with van der Waals surface area (Å²) in [7, 11) is 0. The zero-order valence-electron chi connectivity index (χ0n) is 16.2. The molecule has 25 heavy (non-hydrogen) atoms. The molecule has 0 amide bonds. The minimum Gasteiger partial charge on any atom is -0.303 e. The molecule has 1 N–H and O–H groups in total. The summed E-state index contributed by atoms with van der Waals surface area (Å²) in [6.07, 6.45) is 7.37. The van der Waals surface area contributed by atoms with Crippen LogP contribution in [0.2, 0.25) is 0 Å². The highest BCUT2D eigenvalue weighted by molar-refractivity contribution is 5.27. The van der Waals surface area contributed by atoms with Gasteiger partial charge in [-0.05, 0) is 69.7 Å². The predicted molar refractivity (Wildman–Crippen MR) is 104 cm³/mol. The Morgan fingerprint density at radius 1 is 1.00 bits per heavy atom. The van der Waals surface area contributed by atoms with Gasteiger partial charge in [0.15, 0.2) is 0 Å². The molecule has 1 aliphatic heterocycles. The number of hydrogen-bond acceptors (Lipinski definition) is 3. The van der Waals surface area contributed by atoms with E-state index in [2.05, 4.69) is 52.1 Å². The molecule has 1 aliphatic rings. The van der Waals surface area contributed by atoms with Crippen molar-refractivity contribution in [3.8, 4) is 0 Å². The van der Waals surface area contributed by atoms with Crippen molar-refractivity contribution in [2.45, 2.75) is 71.4 Å². The second-order valence-corrected chi connectivity index (χ2v) is 8.13. The summed E-state index contributed by atoms with van der Waals surface area (Å²) in [4.78, 5) is 9.48. The smallest absolute Gasteiger partial charge is 0.0602 e. The third kappa shape index (κ3) is 3.77. The molecule has 0 saturated carbocycles. The summed E-state index contributed by atoms with van der Waals surface area (Å²) < 4.78 is 0. The summed E-state index contributed by atoms with van der Waals surface area (Å²) in [6.45, 7) is 11.3. The second kappa shape index (κ2) is 7.25. The van der Waals surface area contributed by atoms with Crippen molar-refractivity contribution in [1.29, 1.82) is 0 Å². The van der Waals surface area contributed by atoms with Gasteiger partial charge in [0.05, 0.1) is 11.7 Å². The Labute approximate surface area is 152 Å². The van der Waals surface area contributed by atoms with Crippen LogP contribution in [0.15, 0.2) is 36.7 Å². The molecule has 3 heteroatoms. The first-order chi connectivity index (χ1) is 11.9. The van der Waals surface area contributed by atoms with Gasteiger partial charge in [0.25, 0.3) is 0 Å². The van der Waals surface area contributed by atoms with E-state index < -0.39 is 0 Å². The van der Waals surface area contributed by atoms with E-state index in [1.807, 2.05) is 24.5 Å². The van der Waals surface area contributed by atoms with Gasteiger partial charge in [-0.25, -0.2) is 0 Å². The Balaban J connectivity index is 1.99. The molecule has 1 unspecified atom stereocenters. The molecule has 1 saturated heterocycles. The topological polar surface area (TPSA) is 37.8 Å². The van der Waals surface area contributed by atoms with E-state index in [9.17, 15) is 0 Å². The fourth-order valence-electron chi connectivity index (χ4n) is 4.36. The molecule has 0 aliphatic carbocycles. The number of aryl methyl sites for hydroxylation is 2. The van der Waals surface area contributed by atoms with Crippen LogP contribution in [0.1, 0.15) is 74.5 Å². The fraction of sp³-hybridized carbons (Fsp3) is 0.545. The lowest BCUT2D eigenvalue weighted by Gasteiger charge is -2.36. The zero-order valence-corrected chi connectivity index (χ0v) is 16.2. The molecule has 0 spiro atoms. The Bertz CT molecular complexity index is 723. The van der Waals surface area contributed by atoms with Crippen molar-refractivity contribution in [1.82, 2.24) is 15.3 Å². The molecule has 3 nitrogen and oxygen atoms in total. The molecule has 3 rings (SSSR count). The molecule has 134 valence electrons. The van der Waals surface area contributed by atoms with Crippen LogP contribution in [0.4, 0.5) is 0 Å². The molecule has 0 aromatic carbocycles. The molecule has 0 radical (unpaired) electrons. The molecule has 2 aromatic rings. The van der Waals surface area contributed by atoms with E-state index >= 15 is 0 Å². The van der Waals surface area contributed by atoms with Gasteiger partial charge in [-0.15, -0.1) is 0 Å². The third-order valence-corrected chi connectivity index (χ3v) is 5.89. The molecule has 1 fully saturated rings. The third-order valence-electron chi connectivity index (χ3n) is 5.89. The summed E-state index contributed by atoms with van der Waals surface area (Å²) in [5.74, 6) is 1.08. The minimum absolute atomic E-state index is 0.0301. The summed E-state index contributed by atoms with van der Waals surface area (Å²) >= 11 is 0. The van der Waals surface area contributed by atoms with Crippen LogP contribution in [-0.2, 0) is 0 Å².